The SMILES string of the molecule is CCCn1c(NC(=O)Cn2nc(C)c3c(-c4ccc(C)cc4)ccnc32)nc2ccccc21. The summed E-state index contributed by atoms with van der Waals surface area (Å²) in [6, 6.07) is 18.3. The first-order valence-electron chi connectivity index (χ1n) is 11.2. The topological polar surface area (TPSA) is 77.6 Å². The number of hydrogen-bond acceptors (Lipinski definition) is 4. The number of nitrogens with one attached hydrogen (secondary N) is 1. The summed E-state index contributed by atoms with van der Waals surface area (Å²) in [4.78, 5) is 22.2. The number of pyridine rings is 1. The molecule has 0 atom stereocenters. The third-order valence-corrected chi connectivity index (χ3v) is 5.82. The highest BCUT2D eigenvalue weighted by atomic mass is 16.2. The Bertz CT molecular complexity index is 1460. The number of para-hydroxylation sites is 2. The molecule has 0 unspecified atom stereocenters. The normalized spacial score (nSPS) is 11.4. The summed E-state index contributed by atoms with van der Waals surface area (Å²) in [5, 5.41) is 8.59. The number of benzene rings is 2. The van der Waals surface area contributed by atoms with Gasteiger partial charge in [0.2, 0.25) is 11.9 Å². The molecule has 0 spiro atoms. The summed E-state index contributed by atoms with van der Waals surface area (Å²) >= 11 is 0. The maximum Gasteiger partial charge on any atom is 0.248 e. The molecule has 2 aromatic carbocycles. The smallest absolute Gasteiger partial charge is 0.248 e. The van der Waals surface area contributed by atoms with E-state index >= 15 is 0 Å². The molecule has 0 fully saturated rings. The summed E-state index contributed by atoms with van der Waals surface area (Å²) in [5.74, 6) is 0.374. The number of imidazole rings is 1. The summed E-state index contributed by atoms with van der Waals surface area (Å²) in [6.07, 6.45) is 2.71. The highest BCUT2D eigenvalue weighted by molar-refractivity contribution is 5.96. The van der Waals surface area contributed by atoms with Crippen molar-refractivity contribution in [1.82, 2.24) is 24.3 Å². The molecule has 33 heavy (non-hydrogen) atoms. The van der Waals surface area contributed by atoms with Gasteiger partial charge in [-0.3, -0.25) is 10.1 Å². The number of fused-ring (bicyclic) bond motifs is 2. The maximum atomic E-state index is 13.0. The average molecular weight is 439 g/mol. The molecule has 0 saturated carbocycles. The number of amides is 1. The molecule has 0 aliphatic rings. The van der Waals surface area contributed by atoms with Crippen LogP contribution in [0.1, 0.15) is 24.6 Å². The second-order valence-corrected chi connectivity index (χ2v) is 8.29. The van der Waals surface area contributed by atoms with Crippen molar-refractivity contribution in [2.45, 2.75) is 40.3 Å². The molecule has 0 radical (unpaired) electrons. The molecule has 0 aliphatic carbocycles. The zero-order chi connectivity index (χ0) is 22.9. The van der Waals surface area contributed by atoms with Crippen molar-refractivity contribution in [1.29, 1.82) is 0 Å². The number of carbonyl (C=O) groups excluding carboxylic acids is 1. The van der Waals surface area contributed by atoms with Gasteiger partial charge in [-0.1, -0.05) is 48.9 Å². The summed E-state index contributed by atoms with van der Waals surface area (Å²) in [5.41, 5.74) is 6.80. The van der Waals surface area contributed by atoms with E-state index in [1.165, 1.54) is 5.56 Å². The van der Waals surface area contributed by atoms with E-state index in [2.05, 4.69) is 58.5 Å². The molecule has 7 heteroatoms. The monoisotopic (exact) mass is 438 g/mol. The van der Waals surface area contributed by atoms with E-state index in [1.807, 2.05) is 41.8 Å². The molecule has 0 bridgehead atoms. The minimum Gasteiger partial charge on any atom is -0.310 e. The largest absolute Gasteiger partial charge is 0.310 e. The third kappa shape index (κ3) is 3.86. The van der Waals surface area contributed by atoms with Crippen LogP contribution in [0.5, 0.6) is 0 Å². The number of aryl methyl sites for hydroxylation is 3. The Kier molecular flexibility index (Phi) is 5.38. The van der Waals surface area contributed by atoms with Gasteiger partial charge in [-0.25, -0.2) is 14.6 Å². The van der Waals surface area contributed by atoms with Gasteiger partial charge < -0.3 is 4.57 Å². The fraction of sp³-hybridized carbons (Fsp3) is 0.231. The standard InChI is InChI=1S/C26H26N6O/c1-4-15-31-22-8-6-5-7-21(22)28-26(31)29-23(33)16-32-25-24(18(3)30-32)20(13-14-27-25)19-11-9-17(2)10-12-19/h5-14H,4,15-16H2,1-3H3,(H,28,29,33). The van der Waals surface area contributed by atoms with Gasteiger partial charge in [-0.05, 0) is 49.6 Å². The van der Waals surface area contributed by atoms with Crippen molar-refractivity contribution in [3.05, 3.63) is 72.1 Å². The second-order valence-electron chi connectivity index (χ2n) is 8.29. The van der Waals surface area contributed by atoms with Gasteiger partial charge in [0.1, 0.15) is 6.54 Å². The molecule has 5 rings (SSSR count). The Hall–Kier alpha value is -4.00. The quantitative estimate of drug-likeness (QED) is 0.399. The minimum atomic E-state index is -0.186. The molecular weight excluding hydrogens is 412 g/mol. The number of aromatic nitrogens is 5. The lowest BCUT2D eigenvalue weighted by atomic mass is 10.0. The molecular formula is C26H26N6O. The number of nitrogens with zero attached hydrogens (tertiary/aromatic N) is 5. The van der Waals surface area contributed by atoms with Gasteiger partial charge in [0.05, 0.1) is 16.7 Å². The van der Waals surface area contributed by atoms with Crippen LogP contribution < -0.4 is 5.32 Å². The molecule has 7 nitrogen and oxygen atoms in total. The lowest BCUT2D eigenvalue weighted by molar-refractivity contribution is -0.116. The molecule has 3 heterocycles. The summed E-state index contributed by atoms with van der Waals surface area (Å²) in [6.45, 7) is 6.97. The Balaban J connectivity index is 1.46. The van der Waals surface area contributed by atoms with Crippen LogP contribution in [0.25, 0.3) is 33.2 Å². The van der Waals surface area contributed by atoms with Gasteiger partial charge in [-0.2, -0.15) is 5.10 Å². The lowest BCUT2D eigenvalue weighted by Gasteiger charge is -2.09. The van der Waals surface area contributed by atoms with Crippen molar-refractivity contribution in [3.8, 4) is 11.1 Å². The number of carbonyl (C=O) groups is 1. The fourth-order valence-corrected chi connectivity index (χ4v) is 4.29. The Morgan fingerprint density at radius 3 is 2.61 bits per heavy atom. The first-order valence-corrected chi connectivity index (χ1v) is 11.2. The highest BCUT2D eigenvalue weighted by Gasteiger charge is 2.18. The zero-order valence-electron chi connectivity index (χ0n) is 19.0. The van der Waals surface area contributed by atoms with E-state index in [4.69, 9.17) is 0 Å². The fourth-order valence-electron chi connectivity index (χ4n) is 4.29. The average Bonchev–Trinajstić information content (AvgIpc) is 3.32. The van der Waals surface area contributed by atoms with E-state index in [9.17, 15) is 4.79 Å². The van der Waals surface area contributed by atoms with Crippen LogP contribution in [0.4, 0.5) is 5.95 Å². The molecule has 5 aromatic rings. The van der Waals surface area contributed by atoms with Crippen molar-refractivity contribution in [3.63, 3.8) is 0 Å². The number of hydrogen-bond donors (Lipinski definition) is 1. The van der Waals surface area contributed by atoms with Gasteiger partial charge in [0.25, 0.3) is 0 Å². The molecule has 1 N–H and O–H groups in total. The lowest BCUT2D eigenvalue weighted by Crippen LogP contribution is -2.22. The molecule has 0 saturated heterocycles. The Morgan fingerprint density at radius 2 is 1.82 bits per heavy atom. The van der Waals surface area contributed by atoms with Crippen molar-refractivity contribution in [2.75, 3.05) is 5.32 Å². The Labute approximate surface area is 192 Å². The van der Waals surface area contributed by atoms with Crippen LogP contribution in [-0.4, -0.2) is 30.2 Å². The van der Waals surface area contributed by atoms with Crippen molar-refractivity contribution >= 4 is 33.9 Å². The minimum absolute atomic E-state index is 0.0595. The van der Waals surface area contributed by atoms with Crippen LogP contribution in [0.3, 0.4) is 0 Å². The number of rotatable bonds is 6. The molecule has 0 aliphatic heterocycles. The van der Waals surface area contributed by atoms with E-state index in [0.717, 1.165) is 46.2 Å². The van der Waals surface area contributed by atoms with E-state index in [1.54, 1.807) is 10.9 Å². The predicted molar refractivity (Wildman–Crippen MR) is 131 cm³/mol. The van der Waals surface area contributed by atoms with Gasteiger partial charge in [-0.15, -0.1) is 0 Å². The van der Waals surface area contributed by atoms with E-state index < -0.39 is 0 Å². The molecule has 3 aromatic heterocycles. The Morgan fingerprint density at radius 1 is 1.03 bits per heavy atom. The zero-order valence-corrected chi connectivity index (χ0v) is 19.0. The first-order chi connectivity index (χ1) is 16.0. The van der Waals surface area contributed by atoms with E-state index in [-0.39, 0.29) is 12.5 Å². The summed E-state index contributed by atoms with van der Waals surface area (Å²) < 4.78 is 3.72. The van der Waals surface area contributed by atoms with Crippen molar-refractivity contribution in [2.24, 2.45) is 0 Å². The molecule has 166 valence electrons. The summed E-state index contributed by atoms with van der Waals surface area (Å²) in [7, 11) is 0. The maximum absolute atomic E-state index is 13.0. The molecule has 1 amide bonds. The van der Waals surface area contributed by atoms with Crippen LogP contribution in [0.15, 0.2) is 60.8 Å². The van der Waals surface area contributed by atoms with Crippen LogP contribution in [-0.2, 0) is 17.9 Å². The second kappa shape index (κ2) is 8.50. The van der Waals surface area contributed by atoms with Crippen LogP contribution in [0.2, 0.25) is 0 Å². The predicted octanol–water partition coefficient (Wildman–Crippen LogP) is 5.11. The number of anilines is 1. The highest BCUT2D eigenvalue weighted by Crippen LogP contribution is 2.30. The van der Waals surface area contributed by atoms with Gasteiger partial charge >= 0.3 is 0 Å². The van der Waals surface area contributed by atoms with Gasteiger partial charge in [0, 0.05) is 18.1 Å². The first kappa shape index (κ1) is 20.9. The van der Waals surface area contributed by atoms with Crippen LogP contribution in [0, 0.1) is 13.8 Å². The third-order valence-electron chi connectivity index (χ3n) is 5.82. The van der Waals surface area contributed by atoms with Crippen molar-refractivity contribution < 1.29 is 4.79 Å². The van der Waals surface area contributed by atoms with Gasteiger partial charge in [0.15, 0.2) is 5.65 Å². The van der Waals surface area contributed by atoms with Crippen LogP contribution >= 0.6 is 0 Å². The van der Waals surface area contributed by atoms with E-state index in [0.29, 0.717) is 11.6 Å².